The van der Waals surface area contributed by atoms with E-state index in [9.17, 15) is 10.2 Å². The second-order valence-corrected chi connectivity index (χ2v) is 10.5. The second kappa shape index (κ2) is 8.49. The van der Waals surface area contributed by atoms with Crippen molar-refractivity contribution < 1.29 is 19.5 Å². The zero-order chi connectivity index (χ0) is 23.9. The molecule has 3 rings (SSSR count). The molecule has 0 atom stereocenters. The first-order valence-electron chi connectivity index (χ1n) is 11.1. The van der Waals surface area contributed by atoms with Crippen molar-refractivity contribution in [1.82, 2.24) is 0 Å². The highest BCUT2D eigenvalue weighted by atomic mass is 16.5. The van der Waals surface area contributed by atoms with Gasteiger partial charge in [0.2, 0.25) is 0 Å². The monoisotopic (exact) mass is 432 g/mol. The van der Waals surface area contributed by atoms with Crippen molar-refractivity contribution in [2.24, 2.45) is 0 Å². The van der Waals surface area contributed by atoms with Crippen LogP contribution in [0, 0.1) is 0 Å². The lowest BCUT2D eigenvalue weighted by Crippen LogP contribution is -2.53. The fraction of sp³-hybridized carbons (Fsp3) is 0.462. The molecule has 2 N–H and O–H groups in total. The summed E-state index contributed by atoms with van der Waals surface area (Å²) in [6, 6.07) is 16.4. The van der Waals surface area contributed by atoms with Crippen LogP contribution in [0.1, 0.15) is 55.4 Å². The Balaban J connectivity index is 2.17. The molecule has 0 saturated heterocycles. The van der Waals surface area contributed by atoms with Crippen molar-refractivity contribution in [3.63, 3.8) is 0 Å². The van der Waals surface area contributed by atoms with Gasteiger partial charge in [-0.05, 0) is 87.9 Å². The minimum atomic E-state index is -1.04. The van der Waals surface area contributed by atoms with Crippen molar-refractivity contribution in [2.45, 2.75) is 77.8 Å². The van der Waals surface area contributed by atoms with E-state index in [-0.39, 0.29) is 0 Å². The van der Waals surface area contributed by atoms with Gasteiger partial charge in [0.25, 0.3) is 0 Å². The van der Waals surface area contributed by atoms with Gasteiger partial charge in [-0.3, -0.25) is 0 Å². The molecular weight excluding hydrogens is 398 g/mol. The van der Waals surface area contributed by atoms with Gasteiger partial charge in [-0.1, -0.05) is 48.5 Å². The number of aliphatic hydroxyl groups is 2. The molecule has 0 aliphatic carbocycles. The van der Waals surface area contributed by atoms with E-state index < -0.39 is 22.4 Å². The summed E-state index contributed by atoms with van der Waals surface area (Å²) in [5.74, 6) is 0. The minimum Gasteiger partial charge on any atom is -0.427 e. The quantitative estimate of drug-likeness (QED) is 0.422. The molecule has 0 heterocycles. The standard InChI is InChI=1S/C26H34B2O4/c1-23(2,29)25(5,6)31-27-21-19-15-11-9-13-17(19)18-14-10-12-16-20(18)22(21)28-32-26(7,8)24(3,4)30/h9-16,29-30H,1-8H3. The van der Waals surface area contributed by atoms with E-state index in [1.807, 2.05) is 52.0 Å². The van der Waals surface area contributed by atoms with Crippen molar-refractivity contribution in [3.8, 4) is 0 Å². The van der Waals surface area contributed by atoms with Gasteiger partial charge in [-0.2, -0.15) is 0 Å². The van der Waals surface area contributed by atoms with E-state index in [0.717, 1.165) is 32.5 Å². The zero-order valence-corrected chi connectivity index (χ0v) is 20.5. The van der Waals surface area contributed by atoms with Gasteiger partial charge in [0.15, 0.2) is 0 Å². The van der Waals surface area contributed by atoms with Crippen LogP contribution in [0.25, 0.3) is 21.5 Å². The predicted molar refractivity (Wildman–Crippen MR) is 135 cm³/mol. The molecule has 3 aromatic rings. The van der Waals surface area contributed by atoms with Gasteiger partial charge in [0.05, 0.1) is 22.4 Å². The second-order valence-electron chi connectivity index (χ2n) is 10.5. The molecule has 0 unspecified atom stereocenters. The van der Waals surface area contributed by atoms with Crippen molar-refractivity contribution in [2.75, 3.05) is 0 Å². The molecule has 168 valence electrons. The normalized spacial score (nSPS) is 13.6. The van der Waals surface area contributed by atoms with Crippen LogP contribution < -0.4 is 10.9 Å². The molecule has 0 amide bonds. The first-order chi connectivity index (χ1) is 14.7. The lowest BCUT2D eigenvalue weighted by molar-refractivity contribution is -0.0896. The van der Waals surface area contributed by atoms with E-state index in [4.69, 9.17) is 9.31 Å². The molecule has 0 aliphatic rings. The molecule has 3 aromatic carbocycles. The number of hydrogen-bond acceptors (Lipinski definition) is 4. The summed E-state index contributed by atoms with van der Waals surface area (Å²) in [7, 11) is 3.44. The van der Waals surface area contributed by atoms with E-state index in [2.05, 4.69) is 24.3 Å². The van der Waals surface area contributed by atoms with Crippen molar-refractivity contribution in [1.29, 1.82) is 0 Å². The summed E-state index contributed by atoms with van der Waals surface area (Å²) in [6.45, 7) is 14.4. The first-order valence-corrected chi connectivity index (χ1v) is 11.1. The molecule has 32 heavy (non-hydrogen) atoms. The van der Waals surface area contributed by atoms with Crippen LogP contribution in [-0.2, 0) is 9.31 Å². The van der Waals surface area contributed by atoms with Crippen molar-refractivity contribution in [3.05, 3.63) is 48.5 Å². The van der Waals surface area contributed by atoms with E-state index in [1.165, 1.54) is 0 Å². The highest BCUT2D eigenvalue weighted by molar-refractivity contribution is 6.67. The molecule has 4 nitrogen and oxygen atoms in total. The minimum absolute atomic E-state index is 0.815. The van der Waals surface area contributed by atoms with Crippen molar-refractivity contribution >= 4 is 47.4 Å². The van der Waals surface area contributed by atoms with Gasteiger partial charge in [0, 0.05) is 0 Å². The number of fused-ring (bicyclic) bond motifs is 3. The Morgan fingerprint density at radius 1 is 0.531 bits per heavy atom. The number of hydrogen-bond donors (Lipinski definition) is 2. The maximum absolute atomic E-state index is 10.6. The molecule has 0 fully saturated rings. The van der Waals surface area contributed by atoms with Crippen LogP contribution in [0.3, 0.4) is 0 Å². The Labute approximate surface area is 193 Å². The van der Waals surface area contributed by atoms with Gasteiger partial charge in [-0.15, -0.1) is 0 Å². The fourth-order valence-electron chi connectivity index (χ4n) is 3.15. The number of benzene rings is 3. The van der Waals surface area contributed by atoms with E-state index >= 15 is 0 Å². The third-order valence-corrected chi connectivity index (χ3v) is 6.90. The Bertz CT molecular complexity index is 1020. The Morgan fingerprint density at radius 3 is 1.09 bits per heavy atom. The summed E-state index contributed by atoms with van der Waals surface area (Å²) in [5.41, 5.74) is -1.99. The summed E-state index contributed by atoms with van der Waals surface area (Å²) >= 11 is 0. The SMILES string of the molecule is CC(C)(O)C(C)(C)O[B]c1c([B]OC(C)(C)C(C)(C)O)c2ccccc2c2ccccc12. The Kier molecular flexibility index (Phi) is 6.58. The third-order valence-electron chi connectivity index (χ3n) is 6.90. The molecule has 0 bridgehead atoms. The smallest absolute Gasteiger partial charge is 0.331 e. The van der Waals surface area contributed by atoms with E-state index in [1.54, 1.807) is 42.7 Å². The maximum atomic E-state index is 10.6. The summed E-state index contributed by atoms with van der Waals surface area (Å²) in [4.78, 5) is 0. The average molecular weight is 432 g/mol. The van der Waals surface area contributed by atoms with Crippen LogP contribution in [0.4, 0.5) is 0 Å². The predicted octanol–water partition coefficient (Wildman–Crippen LogP) is 3.61. The fourth-order valence-corrected chi connectivity index (χ4v) is 3.15. The van der Waals surface area contributed by atoms with Crippen LogP contribution in [0.2, 0.25) is 0 Å². The molecule has 2 radical (unpaired) electrons. The molecule has 0 saturated carbocycles. The lowest BCUT2D eigenvalue weighted by Gasteiger charge is -2.38. The summed E-state index contributed by atoms with van der Waals surface area (Å²) in [5, 5.41) is 25.4. The van der Waals surface area contributed by atoms with Gasteiger partial charge in [0.1, 0.15) is 0 Å². The number of rotatable bonds is 8. The highest BCUT2D eigenvalue weighted by Gasteiger charge is 2.38. The zero-order valence-electron chi connectivity index (χ0n) is 20.5. The van der Waals surface area contributed by atoms with Gasteiger partial charge < -0.3 is 19.5 Å². The molecule has 0 aliphatic heterocycles. The lowest BCUT2D eigenvalue weighted by atomic mass is 9.67. The van der Waals surface area contributed by atoms with Gasteiger partial charge in [-0.25, -0.2) is 0 Å². The average Bonchev–Trinajstić information content (AvgIpc) is 2.69. The molecule has 6 heteroatoms. The maximum Gasteiger partial charge on any atom is 0.331 e. The molecule has 0 aromatic heterocycles. The van der Waals surface area contributed by atoms with Crippen LogP contribution in [0.15, 0.2) is 48.5 Å². The first kappa shape index (κ1) is 24.8. The van der Waals surface area contributed by atoms with E-state index in [0.29, 0.717) is 0 Å². The third kappa shape index (κ3) is 4.74. The molecule has 0 spiro atoms. The largest absolute Gasteiger partial charge is 0.427 e. The highest BCUT2D eigenvalue weighted by Crippen LogP contribution is 2.28. The summed E-state index contributed by atoms with van der Waals surface area (Å²) in [6.07, 6.45) is 0. The Morgan fingerprint density at radius 2 is 0.812 bits per heavy atom. The van der Waals surface area contributed by atoms with Crippen LogP contribution in [-0.4, -0.2) is 47.6 Å². The topological polar surface area (TPSA) is 58.9 Å². The van der Waals surface area contributed by atoms with Crippen LogP contribution >= 0.6 is 0 Å². The van der Waals surface area contributed by atoms with Crippen LogP contribution in [0.5, 0.6) is 0 Å². The molecular formula is C26H34B2O4. The Hall–Kier alpha value is -1.85. The summed E-state index contributed by atoms with van der Waals surface area (Å²) < 4.78 is 12.4. The van der Waals surface area contributed by atoms with Gasteiger partial charge >= 0.3 is 15.0 Å².